The molecule has 14 heterocycles. The van der Waals surface area contributed by atoms with Crippen LogP contribution in [0.25, 0.3) is 73.4 Å². The number of hydrogen-bond donors (Lipinski definition) is 5. The van der Waals surface area contributed by atoms with Gasteiger partial charge in [-0.05, 0) is 175 Å². The lowest BCUT2D eigenvalue weighted by Gasteiger charge is -2.22. The minimum atomic E-state index is -0.111. The van der Waals surface area contributed by atoms with E-state index in [4.69, 9.17) is 46.0 Å². The van der Waals surface area contributed by atoms with E-state index in [-0.39, 0.29) is 44.8 Å². The topological polar surface area (TPSA) is 360 Å². The summed E-state index contributed by atoms with van der Waals surface area (Å²) in [5, 5.41) is 22.7. The van der Waals surface area contributed by atoms with E-state index in [2.05, 4.69) is 111 Å². The Morgan fingerprint density at radius 3 is 1.31 bits per heavy atom. The molecule has 636 valence electrons. The first-order valence-electron chi connectivity index (χ1n) is 41.7. The Balaban J connectivity index is 0.000000126. The van der Waals surface area contributed by atoms with Crippen LogP contribution in [0.5, 0.6) is 0 Å². The number of aromatic nitrogens is 21. The highest BCUT2D eigenvalue weighted by Gasteiger charge is 2.28. The molecule has 0 amide bonds. The summed E-state index contributed by atoms with van der Waals surface area (Å²) in [6.07, 6.45) is 23.7. The fourth-order valence-corrected chi connectivity index (χ4v) is 16.9. The fraction of sp³-hybridized carbons (Fsp3) is 0.389. The maximum absolute atomic E-state index is 12.7. The van der Waals surface area contributed by atoms with Crippen molar-refractivity contribution in [2.75, 3.05) is 0 Å². The molecular formula is C90H94N28O7. The van der Waals surface area contributed by atoms with Crippen molar-refractivity contribution >= 4 is 79.3 Å². The van der Waals surface area contributed by atoms with Crippen molar-refractivity contribution in [2.24, 2.45) is 7.05 Å². The van der Waals surface area contributed by atoms with Crippen molar-refractivity contribution < 1.29 is 0 Å². The molecule has 35 heteroatoms. The zero-order valence-electron chi connectivity index (χ0n) is 71.9. The van der Waals surface area contributed by atoms with E-state index in [0.29, 0.717) is 133 Å². The van der Waals surface area contributed by atoms with Crippen LogP contribution in [0.4, 0.5) is 39.8 Å². The molecule has 4 aliphatic rings. The van der Waals surface area contributed by atoms with Gasteiger partial charge in [0.05, 0.1) is 69.8 Å². The van der Waals surface area contributed by atoms with Crippen LogP contribution in [0.2, 0.25) is 0 Å². The van der Waals surface area contributed by atoms with Gasteiger partial charge in [-0.3, -0.25) is 33.6 Å². The summed E-state index contributed by atoms with van der Waals surface area (Å²) in [7, 11) is 1.91. The highest BCUT2D eigenvalue weighted by Crippen LogP contribution is 2.32. The molecule has 0 atom stereocenters. The van der Waals surface area contributed by atoms with E-state index < -0.39 is 0 Å². The molecule has 0 bridgehead atoms. The molecule has 0 unspecified atom stereocenters. The van der Waals surface area contributed by atoms with E-state index >= 15 is 0 Å². The van der Waals surface area contributed by atoms with E-state index in [0.717, 1.165) is 194 Å². The first-order valence-corrected chi connectivity index (χ1v) is 41.7. The summed E-state index contributed by atoms with van der Waals surface area (Å²) in [6.45, 7) is 71.4. The number of H-pyrrole nitrogens is 5. The third-order valence-electron chi connectivity index (χ3n) is 23.1. The molecule has 0 saturated carbocycles. The number of aryl methyl sites for hydroxylation is 10. The third kappa shape index (κ3) is 16.5. The molecule has 0 radical (unpaired) electrons. The standard InChI is InChI=1S/C18H16N4O.C13H14N4O.2C12H12N4O.2C12H14N4O.C11H12N4O/c1-19-15-11-20-22-17(15)21(12-13-7-3-2-4-8-13)16-10-6-5-9-14(16)18(22)23;1-3-9-11(14-2)12-15-10-7-5-4-6-8(10)13(18)17(12)16-9;1-13-9-7-14-16-11(9)15(2)10-6-4-3-5-8(10)12(16)17;1-7-10(13-2)11-14-9-6-4-3-5-8(9)12(17)16(11)15-7;1-6(2)9-7(3)14-11-10(13-5)8(4)15-16(11)12(9)17;1-5-6-9-7(2)14-11-10(13-4)8(3)15-16(11)12(9)17;1-4-5-8-7(2)14-10-9(12-3)6-13-15(10)11(8)16/h2-4,7-8,11H,5-6,9-10,12H2;16H,3-7H2,1H3;7H,3-6H2,2H3;15H,3-6H2,1H3;6,15H,1-4H3;15H,5-6H2,1-3H3;6,13H,4-5H2,1-2H3. The monoisotopic (exact) mass is 1680 g/mol. The van der Waals surface area contributed by atoms with Gasteiger partial charge in [-0.25, -0.2) is 81.4 Å². The smallest absolute Gasteiger partial charge is 0.276 e. The van der Waals surface area contributed by atoms with Crippen LogP contribution in [-0.4, -0.2) is 101 Å². The first kappa shape index (κ1) is 87.4. The zero-order valence-corrected chi connectivity index (χ0v) is 71.9. The molecular weight excluding hydrogens is 1590 g/mol. The van der Waals surface area contributed by atoms with Crippen LogP contribution in [0.15, 0.2) is 82.5 Å². The van der Waals surface area contributed by atoms with Crippen molar-refractivity contribution in [3.63, 3.8) is 0 Å². The molecule has 35 nitrogen and oxygen atoms in total. The van der Waals surface area contributed by atoms with Gasteiger partial charge in [-0.1, -0.05) is 77.8 Å². The molecule has 0 spiro atoms. The molecule has 0 fully saturated rings. The number of nitrogens with one attached hydrogen (secondary N) is 5. The lowest BCUT2D eigenvalue weighted by Crippen LogP contribution is -2.29. The Morgan fingerprint density at radius 1 is 0.416 bits per heavy atom. The highest BCUT2D eigenvalue weighted by molar-refractivity contribution is 5.75. The Morgan fingerprint density at radius 2 is 0.824 bits per heavy atom. The Kier molecular flexibility index (Phi) is 26.1. The van der Waals surface area contributed by atoms with E-state index in [1.165, 1.54) is 50.2 Å². The average Bonchev–Trinajstić information content (AvgIpc) is 1.70. The Hall–Kier alpha value is -15.4. The third-order valence-corrected chi connectivity index (χ3v) is 23.1. The summed E-state index contributed by atoms with van der Waals surface area (Å²) in [6, 6.07) is 10.1. The maximum atomic E-state index is 12.7. The molecule has 1 aromatic carbocycles. The zero-order chi connectivity index (χ0) is 89.5. The van der Waals surface area contributed by atoms with Crippen molar-refractivity contribution in [3.05, 3.63) is 308 Å². The van der Waals surface area contributed by atoms with Gasteiger partial charge in [0.1, 0.15) is 11.3 Å². The van der Waals surface area contributed by atoms with Crippen LogP contribution >= 0.6 is 0 Å². The molecule has 5 N–H and O–H groups in total. The molecule has 0 saturated heterocycles. The van der Waals surface area contributed by atoms with Crippen LogP contribution in [0.1, 0.15) is 212 Å². The van der Waals surface area contributed by atoms with Gasteiger partial charge in [0.25, 0.3) is 61.7 Å². The largest absolute Gasteiger partial charge is 0.341 e. The van der Waals surface area contributed by atoms with Crippen LogP contribution in [-0.2, 0) is 84.2 Å². The summed E-state index contributed by atoms with van der Waals surface area (Å²) >= 11 is 0. The van der Waals surface area contributed by atoms with Crippen molar-refractivity contribution in [2.45, 2.75) is 223 Å². The summed E-state index contributed by atoms with van der Waals surface area (Å²) in [5.41, 5.74) is 21.6. The van der Waals surface area contributed by atoms with Gasteiger partial charge >= 0.3 is 0 Å². The van der Waals surface area contributed by atoms with Crippen LogP contribution in [0, 0.1) is 87.5 Å². The van der Waals surface area contributed by atoms with Gasteiger partial charge in [-0.2, -0.15) is 19.2 Å². The number of nitrogens with zero attached hydrogens (tertiary/aromatic N) is 23. The first-order chi connectivity index (χ1) is 60.3. The lowest BCUT2D eigenvalue weighted by molar-refractivity contribution is 0.599. The molecule has 14 aromatic heterocycles. The summed E-state index contributed by atoms with van der Waals surface area (Å²) < 4.78 is 13.8. The molecule has 4 aliphatic carbocycles. The van der Waals surface area contributed by atoms with Crippen LogP contribution < -0.4 is 38.9 Å². The molecule has 125 heavy (non-hydrogen) atoms. The highest BCUT2D eigenvalue weighted by atomic mass is 16.2. The average molecular weight is 1680 g/mol. The number of fused-ring (bicyclic) bond motifs is 11. The second kappa shape index (κ2) is 37.3. The van der Waals surface area contributed by atoms with E-state index in [9.17, 15) is 33.6 Å². The number of hydrogen-bond acceptors (Lipinski definition) is 14. The predicted molar refractivity (Wildman–Crippen MR) is 475 cm³/mol. The summed E-state index contributed by atoms with van der Waals surface area (Å²) in [5.74, 6) is 0.117. The summed E-state index contributed by atoms with van der Waals surface area (Å²) in [4.78, 5) is 132. The second-order valence-electron chi connectivity index (χ2n) is 31.5. The van der Waals surface area contributed by atoms with Crippen molar-refractivity contribution in [1.29, 1.82) is 0 Å². The van der Waals surface area contributed by atoms with Gasteiger partial charge < -0.3 is 34.6 Å². The van der Waals surface area contributed by atoms with Crippen molar-refractivity contribution in [3.8, 4) is 0 Å². The van der Waals surface area contributed by atoms with Gasteiger partial charge in [0.2, 0.25) is 17.1 Å². The minimum absolute atomic E-state index is 0.0284. The molecule has 15 aromatic rings. The van der Waals surface area contributed by atoms with E-state index in [1.807, 2.05) is 85.2 Å². The number of rotatable bonds is 8. The number of benzene rings is 1. The Labute approximate surface area is 716 Å². The van der Waals surface area contributed by atoms with Crippen LogP contribution in [0.3, 0.4) is 0 Å². The molecule has 19 rings (SSSR count). The quantitative estimate of drug-likeness (QED) is 0.0883. The van der Waals surface area contributed by atoms with Crippen molar-refractivity contribution in [1.82, 2.24) is 101 Å². The second-order valence-corrected chi connectivity index (χ2v) is 31.5. The Bertz CT molecular complexity index is 7580. The van der Waals surface area contributed by atoms with E-state index in [1.54, 1.807) is 20.8 Å². The predicted octanol–water partition coefficient (Wildman–Crippen LogP) is 14.5. The van der Waals surface area contributed by atoms with Gasteiger partial charge in [0, 0.05) is 110 Å². The minimum Gasteiger partial charge on any atom is -0.341 e. The molecule has 0 aliphatic heterocycles. The maximum Gasteiger partial charge on any atom is 0.276 e. The number of aromatic amines is 5. The fourth-order valence-electron chi connectivity index (χ4n) is 16.9. The lowest BCUT2D eigenvalue weighted by atomic mass is 9.96. The normalized spacial score (nSPS) is 12.9. The van der Waals surface area contributed by atoms with Gasteiger partial charge in [-0.15, -0.1) is 0 Å². The SMILES string of the molecule is [C-]#[N+]c1c(C)[nH]n2c(=O)c(C(C)C)c(C)nc12.[C-]#[N+]c1c(C)[nH]n2c(=O)c(CCC)c(C)nc12.[C-]#[N+]c1c(C)[nH]n2c(=O)c3c(nc12)CCCC3.[C-]#[N+]c1c(CC)[nH]n2c(=O)c3c(nc12)CCCC3.[C-]#[N+]c1c[nH]n2c(=O)c(CCC)c(C)nc12.[C-]#[N+]c1cnn2c(=O)c3c(n(C)c12)CCCC3.[C-]#[N+]c1cnn2c(=O)c3c(n(Cc4ccccc4)c12)CCCC3. The van der Waals surface area contributed by atoms with Gasteiger partial charge in [0.15, 0.2) is 28.2 Å².